The van der Waals surface area contributed by atoms with Crippen LogP contribution in [0.1, 0.15) is 18.2 Å². The largest absolute Gasteiger partial charge is 0.312 e. The van der Waals surface area contributed by atoms with Crippen LogP contribution in [0.3, 0.4) is 0 Å². The fourth-order valence-electron chi connectivity index (χ4n) is 2.80. The number of nitrogens with zero attached hydrogens (tertiary/aromatic N) is 2. The van der Waals surface area contributed by atoms with Crippen molar-refractivity contribution >= 4 is 11.3 Å². The summed E-state index contributed by atoms with van der Waals surface area (Å²) >= 11 is 1.88. The minimum Gasteiger partial charge on any atom is -0.312 e. The van der Waals surface area contributed by atoms with Crippen molar-refractivity contribution in [2.75, 3.05) is 40.3 Å². The van der Waals surface area contributed by atoms with E-state index in [-0.39, 0.29) is 0 Å². The summed E-state index contributed by atoms with van der Waals surface area (Å²) in [6, 6.07) is 5.60. The van der Waals surface area contributed by atoms with E-state index in [0.29, 0.717) is 12.1 Å². The van der Waals surface area contributed by atoms with Crippen molar-refractivity contribution in [2.45, 2.75) is 31.8 Å². The maximum Gasteiger partial charge on any atom is 0.0377 e. The van der Waals surface area contributed by atoms with Crippen LogP contribution in [0.15, 0.2) is 17.5 Å². The first-order valence-corrected chi connectivity index (χ1v) is 8.23. The summed E-state index contributed by atoms with van der Waals surface area (Å²) in [5.41, 5.74) is 0. The maximum absolute atomic E-state index is 3.77. The molecule has 3 nitrogen and oxygen atoms in total. The Morgan fingerprint density at radius 3 is 2.95 bits per heavy atom. The van der Waals surface area contributed by atoms with Gasteiger partial charge in [0.2, 0.25) is 0 Å². The highest BCUT2D eigenvalue weighted by Crippen LogP contribution is 2.17. The van der Waals surface area contributed by atoms with Gasteiger partial charge in [0.1, 0.15) is 0 Å². The van der Waals surface area contributed by atoms with Crippen molar-refractivity contribution in [1.29, 1.82) is 0 Å². The molecule has 2 heterocycles. The summed E-state index contributed by atoms with van der Waals surface area (Å²) in [6.07, 6.45) is 2.35. The van der Waals surface area contributed by atoms with Crippen molar-refractivity contribution in [3.8, 4) is 0 Å². The van der Waals surface area contributed by atoms with Gasteiger partial charge in [0, 0.05) is 36.6 Å². The highest BCUT2D eigenvalue weighted by Gasteiger charge is 2.29. The number of piperazine rings is 1. The van der Waals surface area contributed by atoms with Gasteiger partial charge >= 0.3 is 0 Å². The van der Waals surface area contributed by atoms with E-state index in [1.54, 1.807) is 0 Å². The zero-order chi connectivity index (χ0) is 13.7. The molecule has 0 aromatic carbocycles. The highest BCUT2D eigenvalue weighted by molar-refractivity contribution is 7.09. The second-order valence-electron chi connectivity index (χ2n) is 5.65. The molecule has 1 N–H and O–H groups in total. The first-order valence-electron chi connectivity index (χ1n) is 7.35. The molecule has 0 bridgehead atoms. The van der Waals surface area contributed by atoms with Crippen LogP contribution in [-0.4, -0.2) is 62.2 Å². The second kappa shape index (κ2) is 7.39. The van der Waals surface area contributed by atoms with E-state index in [1.165, 1.54) is 30.9 Å². The molecule has 2 unspecified atom stereocenters. The first kappa shape index (κ1) is 15.0. The minimum atomic E-state index is 0.561. The SMILES string of the molecule is CCCNC(Cc1cccs1)C1CN(C)CCN1C. The summed E-state index contributed by atoms with van der Waals surface area (Å²) in [6.45, 7) is 6.89. The van der Waals surface area contributed by atoms with Crippen LogP contribution < -0.4 is 5.32 Å². The van der Waals surface area contributed by atoms with E-state index in [4.69, 9.17) is 0 Å². The van der Waals surface area contributed by atoms with Gasteiger partial charge < -0.3 is 10.2 Å². The normalized spacial score (nSPS) is 23.6. The predicted octanol–water partition coefficient (Wildman–Crippen LogP) is 1.90. The Hall–Kier alpha value is -0.420. The van der Waals surface area contributed by atoms with Gasteiger partial charge in [-0.15, -0.1) is 11.3 Å². The molecule has 1 saturated heterocycles. The van der Waals surface area contributed by atoms with Crippen LogP contribution in [0.2, 0.25) is 0 Å². The van der Waals surface area contributed by atoms with Crippen molar-refractivity contribution in [3.05, 3.63) is 22.4 Å². The Morgan fingerprint density at radius 2 is 2.26 bits per heavy atom. The summed E-state index contributed by atoms with van der Waals surface area (Å²) in [5.74, 6) is 0. The van der Waals surface area contributed by atoms with Crippen molar-refractivity contribution < 1.29 is 0 Å². The van der Waals surface area contributed by atoms with Gasteiger partial charge in [-0.1, -0.05) is 13.0 Å². The Kier molecular flexibility index (Phi) is 5.82. The van der Waals surface area contributed by atoms with Gasteiger partial charge in [-0.05, 0) is 44.9 Å². The van der Waals surface area contributed by atoms with Crippen molar-refractivity contribution in [3.63, 3.8) is 0 Å². The summed E-state index contributed by atoms with van der Waals surface area (Å²) in [5, 5.41) is 5.95. The predicted molar refractivity (Wildman–Crippen MR) is 84.0 cm³/mol. The molecule has 1 aromatic rings. The lowest BCUT2D eigenvalue weighted by atomic mass is 10.00. The monoisotopic (exact) mass is 281 g/mol. The number of likely N-dealkylation sites (N-methyl/N-ethyl adjacent to an activating group) is 2. The average molecular weight is 281 g/mol. The van der Waals surface area contributed by atoms with E-state index >= 15 is 0 Å². The second-order valence-corrected chi connectivity index (χ2v) is 6.69. The van der Waals surface area contributed by atoms with Crippen LogP contribution in [0, 0.1) is 0 Å². The maximum atomic E-state index is 3.77. The summed E-state index contributed by atoms with van der Waals surface area (Å²) in [4.78, 5) is 6.48. The number of nitrogens with one attached hydrogen (secondary N) is 1. The smallest absolute Gasteiger partial charge is 0.0377 e. The van der Waals surface area contributed by atoms with Crippen LogP contribution in [0.4, 0.5) is 0 Å². The van der Waals surface area contributed by atoms with Gasteiger partial charge in [0.25, 0.3) is 0 Å². The Bertz CT molecular complexity index is 352. The van der Waals surface area contributed by atoms with E-state index in [0.717, 1.165) is 13.0 Å². The molecule has 19 heavy (non-hydrogen) atoms. The summed E-state index contributed by atoms with van der Waals surface area (Å²) in [7, 11) is 4.51. The lowest BCUT2D eigenvalue weighted by Gasteiger charge is -2.42. The fraction of sp³-hybridized carbons (Fsp3) is 0.733. The van der Waals surface area contributed by atoms with Gasteiger partial charge in [-0.2, -0.15) is 0 Å². The molecule has 0 amide bonds. The van der Waals surface area contributed by atoms with Crippen molar-refractivity contribution in [2.24, 2.45) is 0 Å². The number of hydrogen-bond acceptors (Lipinski definition) is 4. The number of hydrogen-bond donors (Lipinski definition) is 1. The molecular weight excluding hydrogens is 254 g/mol. The molecule has 2 rings (SSSR count). The Morgan fingerprint density at radius 1 is 1.42 bits per heavy atom. The third-order valence-electron chi connectivity index (χ3n) is 4.02. The molecule has 0 spiro atoms. The molecule has 108 valence electrons. The van der Waals surface area contributed by atoms with Gasteiger partial charge in [0.05, 0.1) is 0 Å². The first-order chi connectivity index (χ1) is 9.20. The molecule has 1 aliphatic rings. The quantitative estimate of drug-likeness (QED) is 0.859. The molecule has 0 saturated carbocycles. The molecule has 2 atom stereocenters. The van der Waals surface area contributed by atoms with E-state index < -0.39 is 0 Å². The molecule has 1 aliphatic heterocycles. The number of thiophene rings is 1. The summed E-state index contributed by atoms with van der Waals surface area (Å²) < 4.78 is 0. The molecule has 1 fully saturated rings. The zero-order valence-electron chi connectivity index (χ0n) is 12.4. The lowest BCUT2D eigenvalue weighted by Crippen LogP contribution is -2.59. The standard InChI is InChI=1S/C15H27N3S/c1-4-7-16-14(11-13-6-5-10-19-13)15-12-17(2)8-9-18(15)3/h5-6,10,14-16H,4,7-9,11-12H2,1-3H3. The third kappa shape index (κ3) is 4.28. The van der Waals surface area contributed by atoms with E-state index in [9.17, 15) is 0 Å². The van der Waals surface area contributed by atoms with Crippen LogP contribution in [0.25, 0.3) is 0 Å². The lowest BCUT2D eigenvalue weighted by molar-refractivity contribution is 0.0878. The molecule has 0 radical (unpaired) electrons. The van der Waals surface area contributed by atoms with Gasteiger partial charge in [-0.25, -0.2) is 0 Å². The van der Waals surface area contributed by atoms with Gasteiger partial charge in [-0.3, -0.25) is 4.90 Å². The topological polar surface area (TPSA) is 18.5 Å². The zero-order valence-corrected chi connectivity index (χ0v) is 13.2. The fourth-order valence-corrected chi connectivity index (χ4v) is 3.56. The molecule has 0 aliphatic carbocycles. The molecule has 1 aromatic heterocycles. The molecule has 4 heteroatoms. The Balaban J connectivity index is 2.02. The highest BCUT2D eigenvalue weighted by atomic mass is 32.1. The number of rotatable bonds is 6. The van der Waals surface area contributed by atoms with Crippen LogP contribution in [0.5, 0.6) is 0 Å². The van der Waals surface area contributed by atoms with Gasteiger partial charge in [0.15, 0.2) is 0 Å². The van der Waals surface area contributed by atoms with Crippen LogP contribution >= 0.6 is 11.3 Å². The average Bonchev–Trinajstić information content (AvgIpc) is 2.90. The molecular formula is C15H27N3S. The van der Waals surface area contributed by atoms with E-state index in [1.807, 2.05) is 11.3 Å². The van der Waals surface area contributed by atoms with Crippen molar-refractivity contribution in [1.82, 2.24) is 15.1 Å². The third-order valence-corrected chi connectivity index (χ3v) is 4.92. The Labute approximate surface area is 121 Å². The minimum absolute atomic E-state index is 0.561. The van der Waals surface area contributed by atoms with Crippen LogP contribution in [-0.2, 0) is 6.42 Å². The van der Waals surface area contributed by atoms with E-state index in [2.05, 4.69) is 53.6 Å².